The highest BCUT2D eigenvalue weighted by atomic mass is 35.5. The Hall–Kier alpha value is -2.19. The van der Waals surface area contributed by atoms with Crippen LogP contribution in [0.25, 0.3) is 0 Å². The Bertz CT molecular complexity index is 709. The maximum Gasteiger partial charge on any atom is 0.244 e. The number of rotatable bonds is 5. The molecule has 2 aromatic heterocycles. The molecule has 128 valence electrons. The third-order valence-corrected chi connectivity index (χ3v) is 4.26. The van der Waals surface area contributed by atoms with Crippen LogP contribution < -0.4 is 4.90 Å². The lowest BCUT2D eigenvalue weighted by molar-refractivity contribution is -0.133. The minimum absolute atomic E-state index is 0.0905. The average molecular weight is 351 g/mol. The normalized spacial score (nSPS) is 20.4. The molecule has 1 aliphatic rings. The Balaban J connectivity index is 1.57. The van der Waals surface area contributed by atoms with Crippen molar-refractivity contribution in [1.29, 1.82) is 0 Å². The predicted molar refractivity (Wildman–Crippen MR) is 88.7 cm³/mol. The molecule has 3 heterocycles. The molecule has 1 N–H and O–H groups in total. The number of nitrogens with zero attached hydrogens (tertiary/aromatic N) is 6. The van der Waals surface area contributed by atoms with E-state index in [-0.39, 0.29) is 19.0 Å². The largest absolute Gasteiger partial charge is 0.386 e. The van der Waals surface area contributed by atoms with Gasteiger partial charge in [0.2, 0.25) is 5.91 Å². The lowest BCUT2D eigenvalue weighted by Gasteiger charge is -2.29. The summed E-state index contributed by atoms with van der Waals surface area (Å²) in [6.07, 6.45) is 8.54. The minimum Gasteiger partial charge on any atom is -0.386 e. The van der Waals surface area contributed by atoms with E-state index in [9.17, 15) is 9.90 Å². The molecule has 0 spiro atoms. The van der Waals surface area contributed by atoms with Crippen LogP contribution in [0.5, 0.6) is 0 Å². The van der Waals surface area contributed by atoms with Crippen molar-refractivity contribution in [3.05, 3.63) is 36.0 Å². The molecule has 3 rings (SSSR count). The number of carbonyl (C=O) groups excluding carboxylic acids is 1. The van der Waals surface area contributed by atoms with Gasteiger partial charge in [-0.2, -0.15) is 5.10 Å². The molecule has 1 unspecified atom stereocenters. The van der Waals surface area contributed by atoms with Crippen molar-refractivity contribution in [2.45, 2.75) is 18.6 Å². The first-order chi connectivity index (χ1) is 11.5. The zero-order valence-corrected chi connectivity index (χ0v) is 14.1. The number of amides is 1. The summed E-state index contributed by atoms with van der Waals surface area (Å²) in [5.41, 5.74) is -0.969. The van der Waals surface area contributed by atoms with Gasteiger partial charge in [0.05, 0.1) is 24.0 Å². The smallest absolute Gasteiger partial charge is 0.244 e. The van der Waals surface area contributed by atoms with Crippen molar-refractivity contribution in [3.63, 3.8) is 0 Å². The van der Waals surface area contributed by atoms with Gasteiger partial charge in [-0.25, -0.2) is 4.98 Å². The summed E-state index contributed by atoms with van der Waals surface area (Å²) in [5.74, 6) is 0.592. The van der Waals surface area contributed by atoms with Gasteiger partial charge in [-0.1, -0.05) is 11.6 Å². The highest BCUT2D eigenvalue weighted by Gasteiger charge is 2.38. The minimum atomic E-state index is -0.969. The molecule has 0 bridgehead atoms. The van der Waals surface area contributed by atoms with Crippen LogP contribution in [0.2, 0.25) is 5.02 Å². The van der Waals surface area contributed by atoms with Crippen LogP contribution >= 0.6 is 11.6 Å². The van der Waals surface area contributed by atoms with Gasteiger partial charge in [0.1, 0.15) is 18.0 Å². The fraction of sp³-hybridized carbons (Fsp3) is 0.467. The summed E-state index contributed by atoms with van der Waals surface area (Å²) in [6.45, 7) is 1.42. The fourth-order valence-corrected chi connectivity index (χ4v) is 3.01. The molecule has 0 aliphatic carbocycles. The number of carbonyl (C=O) groups is 1. The van der Waals surface area contributed by atoms with Gasteiger partial charge < -0.3 is 14.9 Å². The number of β-amino-alcohol motifs (C(OH)–C–C–N with tert-alkyl or cyclic N) is 1. The van der Waals surface area contributed by atoms with Crippen LogP contribution in [-0.2, 0) is 11.3 Å². The van der Waals surface area contributed by atoms with E-state index in [0.717, 1.165) is 5.82 Å². The second kappa shape index (κ2) is 6.74. The van der Waals surface area contributed by atoms with Crippen LogP contribution in [0, 0.1) is 0 Å². The number of anilines is 1. The van der Waals surface area contributed by atoms with Gasteiger partial charge in [0.25, 0.3) is 0 Å². The standard InChI is InChI=1S/C15H19ClN6O2/c1-20(14(23)9-22-8-12(16)6-19-22)10-15(24)2-5-21(11-15)13-7-17-3-4-18-13/h3-4,6-8,24H,2,5,9-11H2,1H3. The quantitative estimate of drug-likeness (QED) is 0.841. The Morgan fingerprint density at radius 3 is 2.96 bits per heavy atom. The number of halogens is 1. The molecule has 9 heteroatoms. The Kier molecular flexibility index (Phi) is 4.68. The summed E-state index contributed by atoms with van der Waals surface area (Å²) < 4.78 is 1.48. The summed E-state index contributed by atoms with van der Waals surface area (Å²) in [7, 11) is 1.68. The van der Waals surface area contributed by atoms with Crippen LogP contribution in [0.15, 0.2) is 31.0 Å². The SMILES string of the molecule is CN(CC1(O)CCN(c2cnccn2)C1)C(=O)Cn1cc(Cl)cn1. The molecule has 1 aliphatic heterocycles. The van der Waals surface area contributed by atoms with Crippen LogP contribution in [0.4, 0.5) is 5.82 Å². The Morgan fingerprint density at radius 2 is 2.29 bits per heavy atom. The van der Waals surface area contributed by atoms with Crippen molar-refractivity contribution in [2.24, 2.45) is 0 Å². The highest BCUT2D eigenvalue weighted by Crippen LogP contribution is 2.25. The highest BCUT2D eigenvalue weighted by molar-refractivity contribution is 6.30. The van der Waals surface area contributed by atoms with E-state index >= 15 is 0 Å². The second-order valence-electron chi connectivity index (χ2n) is 6.07. The first kappa shape index (κ1) is 16.7. The zero-order chi connectivity index (χ0) is 17.2. The molecule has 0 saturated carbocycles. The monoisotopic (exact) mass is 350 g/mol. The molecular formula is C15H19ClN6O2. The van der Waals surface area contributed by atoms with Gasteiger partial charge in [-0.15, -0.1) is 0 Å². The summed E-state index contributed by atoms with van der Waals surface area (Å²) >= 11 is 5.79. The summed E-state index contributed by atoms with van der Waals surface area (Å²) in [6, 6.07) is 0. The lowest BCUT2D eigenvalue weighted by Crippen LogP contribution is -2.46. The van der Waals surface area contributed by atoms with Crippen molar-refractivity contribution in [1.82, 2.24) is 24.6 Å². The Labute approximate surface area is 144 Å². The summed E-state index contributed by atoms with van der Waals surface area (Å²) in [4.78, 5) is 24.1. The van der Waals surface area contributed by atoms with Crippen molar-refractivity contribution in [3.8, 4) is 0 Å². The zero-order valence-electron chi connectivity index (χ0n) is 13.3. The number of aromatic nitrogens is 4. The molecule has 2 aromatic rings. The van der Waals surface area contributed by atoms with Gasteiger partial charge in [-0.05, 0) is 6.42 Å². The lowest BCUT2D eigenvalue weighted by atomic mass is 10.0. The predicted octanol–water partition coefficient (Wildman–Crippen LogP) is 0.426. The third-order valence-electron chi connectivity index (χ3n) is 4.06. The first-order valence-electron chi connectivity index (χ1n) is 7.60. The molecule has 0 aromatic carbocycles. The van der Waals surface area contributed by atoms with Gasteiger partial charge >= 0.3 is 0 Å². The van der Waals surface area contributed by atoms with Crippen LogP contribution in [0.1, 0.15) is 6.42 Å². The maximum absolute atomic E-state index is 12.3. The van der Waals surface area contributed by atoms with E-state index < -0.39 is 5.60 Å². The van der Waals surface area contributed by atoms with E-state index in [1.54, 1.807) is 31.8 Å². The Morgan fingerprint density at radius 1 is 1.46 bits per heavy atom. The molecule has 8 nitrogen and oxygen atoms in total. The van der Waals surface area contributed by atoms with Gasteiger partial charge in [0, 0.05) is 38.7 Å². The summed E-state index contributed by atoms with van der Waals surface area (Å²) in [5, 5.41) is 15.3. The van der Waals surface area contributed by atoms with Crippen LogP contribution in [-0.4, -0.2) is 67.9 Å². The van der Waals surface area contributed by atoms with Crippen molar-refractivity contribution >= 4 is 23.3 Å². The average Bonchev–Trinajstić information content (AvgIpc) is 3.14. The molecule has 0 radical (unpaired) electrons. The number of hydrogen-bond acceptors (Lipinski definition) is 6. The van der Waals surface area contributed by atoms with Gasteiger partial charge in [-0.3, -0.25) is 14.5 Å². The molecular weight excluding hydrogens is 332 g/mol. The van der Waals surface area contributed by atoms with E-state index in [0.29, 0.717) is 24.5 Å². The second-order valence-corrected chi connectivity index (χ2v) is 6.50. The van der Waals surface area contributed by atoms with E-state index in [1.165, 1.54) is 15.8 Å². The number of hydrogen-bond donors (Lipinski definition) is 1. The molecule has 1 saturated heterocycles. The molecule has 1 fully saturated rings. The van der Waals surface area contributed by atoms with Gasteiger partial charge in [0.15, 0.2) is 0 Å². The third kappa shape index (κ3) is 3.82. The van der Waals surface area contributed by atoms with Crippen LogP contribution in [0.3, 0.4) is 0 Å². The maximum atomic E-state index is 12.3. The first-order valence-corrected chi connectivity index (χ1v) is 7.98. The van der Waals surface area contributed by atoms with E-state index in [2.05, 4.69) is 15.1 Å². The molecule has 1 atom stereocenters. The fourth-order valence-electron chi connectivity index (χ4n) is 2.85. The van der Waals surface area contributed by atoms with Crippen molar-refractivity contribution in [2.75, 3.05) is 31.6 Å². The topological polar surface area (TPSA) is 87.4 Å². The van der Waals surface area contributed by atoms with E-state index in [4.69, 9.17) is 11.6 Å². The number of aliphatic hydroxyl groups is 1. The molecule has 24 heavy (non-hydrogen) atoms. The number of likely N-dealkylation sites (N-methyl/N-ethyl adjacent to an activating group) is 1. The van der Waals surface area contributed by atoms with Crippen molar-refractivity contribution < 1.29 is 9.90 Å². The van der Waals surface area contributed by atoms with E-state index in [1.807, 2.05) is 4.90 Å². The molecule has 1 amide bonds.